The average molecular weight is 319 g/mol. The molecule has 2 aromatic carbocycles. The lowest BCUT2D eigenvalue weighted by Gasteiger charge is -2.04. The third-order valence-electron chi connectivity index (χ3n) is 3.22. The lowest BCUT2D eigenvalue weighted by Crippen LogP contribution is -2.02. The van der Waals surface area contributed by atoms with Crippen LogP contribution in [0.3, 0.4) is 0 Å². The van der Waals surface area contributed by atoms with Crippen LogP contribution in [0.25, 0.3) is 17.2 Å². The van der Waals surface area contributed by atoms with Crippen LogP contribution >= 0.6 is 0 Å². The average Bonchev–Trinajstić information content (AvgIpc) is 2.59. The standard InChI is InChI=1S/C17H9N3O4/c18-9-12(10-19)7-11-1-3-13(4-2-11)14-5-6-15(17(21)22)16(8-14)20(23)24/h1-8H,(H,21,22). The number of allylic oxidation sites excluding steroid dienone is 1. The fourth-order valence-electron chi connectivity index (χ4n) is 2.07. The smallest absolute Gasteiger partial charge is 0.342 e. The van der Waals surface area contributed by atoms with Crippen molar-refractivity contribution in [2.45, 2.75) is 0 Å². The molecule has 24 heavy (non-hydrogen) atoms. The molecule has 0 aliphatic rings. The molecule has 0 heterocycles. The Morgan fingerprint density at radius 1 is 1.08 bits per heavy atom. The zero-order valence-electron chi connectivity index (χ0n) is 12.1. The molecule has 0 saturated heterocycles. The van der Waals surface area contributed by atoms with E-state index >= 15 is 0 Å². The monoisotopic (exact) mass is 319 g/mol. The van der Waals surface area contributed by atoms with E-state index in [1.54, 1.807) is 36.4 Å². The molecular formula is C17H9N3O4. The molecular weight excluding hydrogens is 310 g/mol. The molecule has 0 spiro atoms. The van der Waals surface area contributed by atoms with Crippen LogP contribution in [-0.2, 0) is 0 Å². The van der Waals surface area contributed by atoms with Crippen molar-refractivity contribution in [2.24, 2.45) is 0 Å². The number of carboxylic acid groups (broad SMARTS) is 1. The maximum atomic E-state index is 11.0. The fourth-order valence-corrected chi connectivity index (χ4v) is 2.07. The summed E-state index contributed by atoms with van der Waals surface area (Å²) in [7, 11) is 0. The highest BCUT2D eigenvalue weighted by atomic mass is 16.6. The normalized spacial score (nSPS) is 9.42. The van der Waals surface area contributed by atoms with E-state index in [0.29, 0.717) is 16.7 Å². The van der Waals surface area contributed by atoms with Crippen LogP contribution in [0.1, 0.15) is 15.9 Å². The number of nitro groups is 1. The van der Waals surface area contributed by atoms with Gasteiger partial charge in [-0.3, -0.25) is 10.1 Å². The Labute approximate surface area is 136 Å². The highest BCUT2D eigenvalue weighted by Crippen LogP contribution is 2.27. The quantitative estimate of drug-likeness (QED) is 0.522. The van der Waals surface area contributed by atoms with Gasteiger partial charge in [-0.2, -0.15) is 10.5 Å². The second kappa shape index (κ2) is 6.86. The summed E-state index contributed by atoms with van der Waals surface area (Å²) < 4.78 is 0. The van der Waals surface area contributed by atoms with Crippen LogP contribution in [0.5, 0.6) is 0 Å². The van der Waals surface area contributed by atoms with E-state index in [1.165, 1.54) is 24.3 Å². The first kappa shape index (κ1) is 16.4. The Bertz CT molecular complexity index is 916. The predicted molar refractivity (Wildman–Crippen MR) is 84.7 cm³/mol. The Morgan fingerprint density at radius 2 is 1.67 bits per heavy atom. The number of hydrogen-bond donors (Lipinski definition) is 1. The maximum absolute atomic E-state index is 11.0. The van der Waals surface area contributed by atoms with Crippen molar-refractivity contribution >= 4 is 17.7 Å². The van der Waals surface area contributed by atoms with Crippen molar-refractivity contribution in [1.29, 1.82) is 10.5 Å². The summed E-state index contributed by atoms with van der Waals surface area (Å²) in [4.78, 5) is 21.3. The Kier molecular flexibility index (Phi) is 4.69. The van der Waals surface area contributed by atoms with Gasteiger partial charge in [0.2, 0.25) is 0 Å². The van der Waals surface area contributed by atoms with Gasteiger partial charge in [0.1, 0.15) is 23.3 Å². The summed E-state index contributed by atoms with van der Waals surface area (Å²) in [5.74, 6) is -1.37. The highest BCUT2D eigenvalue weighted by molar-refractivity contribution is 5.93. The molecule has 2 aromatic rings. The molecule has 0 aliphatic heterocycles. The number of hydrogen-bond acceptors (Lipinski definition) is 5. The van der Waals surface area contributed by atoms with Crippen LogP contribution in [0.2, 0.25) is 0 Å². The number of nitrogens with zero attached hydrogens (tertiary/aromatic N) is 3. The van der Waals surface area contributed by atoms with Crippen LogP contribution in [0, 0.1) is 32.8 Å². The number of aromatic carboxylic acids is 1. The van der Waals surface area contributed by atoms with E-state index in [9.17, 15) is 14.9 Å². The number of carboxylic acids is 1. The lowest BCUT2D eigenvalue weighted by atomic mass is 10.0. The molecule has 116 valence electrons. The van der Waals surface area contributed by atoms with E-state index < -0.39 is 16.6 Å². The van der Waals surface area contributed by atoms with E-state index in [1.807, 2.05) is 0 Å². The number of carbonyl (C=O) groups is 1. The zero-order valence-corrected chi connectivity index (χ0v) is 12.1. The van der Waals surface area contributed by atoms with Gasteiger partial charge in [0.05, 0.1) is 4.92 Å². The summed E-state index contributed by atoms with van der Waals surface area (Å²) in [6.45, 7) is 0. The molecule has 0 radical (unpaired) electrons. The van der Waals surface area contributed by atoms with Gasteiger partial charge < -0.3 is 5.11 Å². The summed E-state index contributed by atoms with van der Waals surface area (Å²) in [5.41, 5.74) is 0.861. The van der Waals surface area contributed by atoms with Gasteiger partial charge in [0, 0.05) is 6.07 Å². The van der Waals surface area contributed by atoms with Crippen molar-refractivity contribution in [1.82, 2.24) is 0 Å². The maximum Gasteiger partial charge on any atom is 0.342 e. The molecule has 1 N–H and O–H groups in total. The SMILES string of the molecule is N#CC(C#N)=Cc1ccc(-c2ccc(C(=O)O)c([N+](=O)[O-])c2)cc1. The van der Waals surface area contributed by atoms with Gasteiger partial charge in [0.25, 0.3) is 5.69 Å². The number of rotatable bonds is 4. The Hall–Kier alpha value is -3.97. The molecule has 7 nitrogen and oxygen atoms in total. The van der Waals surface area contributed by atoms with Crippen LogP contribution in [-0.4, -0.2) is 16.0 Å². The van der Waals surface area contributed by atoms with E-state index in [-0.39, 0.29) is 11.1 Å². The number of benzene rings is 2. The third kappa shape index (κ3) is 3.43. The first-order chi connectivity index (χ1) is 11.5. The van der Waals surface area contributed by atoms with Crippen molar-refractivity contribution in [3.05, 3.63) is 69.3 Å². The zero-order chi connectivity index (χ0) is 17.7. The lowest BCUT2D eigenvalue weighted by molar-refractivity contribution is -0.385. The summed E-state index contributed by atoms with van der Waals surface area (Å²) in [6, 6.07) is 14.0. The minimum Gasteiger partial charge on any atom is -0.477 e. The van der Waals surface area contributed by atoms with Gasteiger partial charge >= 0.3 is 5.97 Å². The molecule has 2 rings (SSSR count). The van der Waals surface area contributed by atoms with Crippen LogP contribution in [0.15, 0.2) is 48.0 Å². The topological polar surface area (TPSA) is 128 Å². The molecule has 0 atom stereocenters. The minimum atomic E-state index is -1.37. The van der Waals surface area contributed by atoms with Gasteiger partial charge in [0.15, 0.2) is 0 Å². The summed E-state index contributed by atoms with van der Waals surface area (Å²) in [5, 5.41) is 37.4. The van der Waals surface area contributed by atoms with Gasteiger partial charge in [-0.1, -0.05) is 30.3 Å². The molecule has 0 aromatic heterocycles. The number of nitro benzene ring substituents is 1. The molecule has 0 bridgehead atoms. The second-order valence-electron chi connectivity index (χ2n) is 4.70. The number of nitriles is 2. The highest BCUT2D eigenvalue weighted by Gasteiger charge is 2.20. The predicted octanol–water partition coefficient (Wildman–Crippen LogP) is 3.39. The first-order valence-corrected chi connectivity index (χ1v) is 6.60. The Morgan fingerprint density at radius 3 is 2.17 bits per heavy atom. The molecule has 0 unspecified atom stereocenters. The van der Waals surface area contributed by atoms with Gasteiger partial charge in [-0.25, -0.2) is 4.79 Å². The second-order valence-corrected chi connectivity index (χ2v) is 4.70. The van der Waals surface area contributed by atoms with Crippen molar-refractivity contribution in [3.8, 4) is 23.3 Å². The molecule has 0 fully saturated rings. The van der Waals surface area contributed by atoms with Crippen molar-refractivity contribution < 1.29 is 14.8 Å². The summed E-state index contributed by atoms with van der Waals surface area (Å²) >= 11 is 0. The van der Waals surface area contributed by atoms with Gasteiger partial charge in [-0.15, -0.1) is 0 Å². The van der Waals surface area contributed by atoms with Crippen LogP contribution < -0.4 is 0 Å². The van der Waals surface area contributed by atoms with Gasteiger partial charge in [-0.05, 0) is 28.8 Å². The van der Waals surface area contributed by atoms with E-state index in [0.717, 1.165) is 0 Å². The van der Waals surface area contributed by atoms with Crippen molar-refractivity contribution in [2.75, 3.05) is 0 Å². The van der Waals surface area contributed by atoms with Crippen molar-refractivity contribution in [3.63, 3.8) is 0 Å². The molecule has 0 amide bonds. The van der Waals surface area contributed by atoms with E-state index in [2.05, 4.69) is 0 Å². The molecule has 0 aliphatic carbocycles. The van der Waals surface area contributed by atoms with E-state index in [4.69, 9.17) is 15.6 Å². The minimum absolute atomic E-state index is 0.0378. The summed E-state index contributed by atoms with van der Waals surface area (Å²) in [6.07, 6.45) is 1.42. The molecule has 7 heteroatoms. The fraction of sp³-hybridized carbons (Fsp3) is 0. The Balaban J connectivity index is 2.43. The largest absolute Gasteiger partial charge is 0.477 e. The van der Waals surface area contributed by atoms with Crippen LogP contribution in [0.4, 0.5) is 5.69 Å². The molecule has 0 saturated carbocycles. The third-order valence-corrected chi connectivity index (χ3v) is 3.22. The first-order valence-electron chi connectivity index (χ1n) is 6.60.